The highest BCUT2D eigenvalue weighted by molar-refractivity contribution is 5.72. The molecule has 2 N–H and O–H groups in total. The first kappa shape index (κ1) is 26.7. The predicted octanol–water partition coefficient (Wildman–Crippen LogP) is 6.74. The molecule has 0 aliphatic carbocycles. The zero-order chi connectivity index (χ0) is 22.1. The average Bonchev–Trinajstić information content (AvgIpc) is 3.14. The quantitative estimate of drug-likeness (QED) is 0.146. The van der Waals surface area contributed by atoms with E-state index in [1.807, 2.05) is 0 Å². The van der Waals surface area contributed by atoms with Crippen molar-refractivity contribution in [1.29, 1.82) is 0 Å². The molecular weight excluding hydrogens is 370 g/mol. The van der Waals surface area contributed by atoms with E-state index in [-0.39, 0.29) is 12.1 Å². The number of nitrogens with one attached hydrogen (secondary N) is 2. The van der Waals surface area contributed by atoms with Crippen LogP contribution in [0.15, 0.2) is 24.6 Å². The molecule has 0 saturated heterocycles. The van der Waals surface area contributed by atoms with E-state index >= 15 is 0 Å². The third-order valence-corrected chi connectivity index (χ3v) is 6.64. The van der Waals surface area contributed by atoms with Gasteiger partial charge < -0.3 is 10.6 Å². The van der Waals surface area contributed by atoms with Gasteiger partial charge in [0.2, 0.25) is 5.91 Å². The molecular formula is C26H50N3O+. The highest BCUT2D eigenvalue weighted by atomic mass is 16.1. The van der Waals surface area contributed by atoms with E-state index in [4.69, 9.17) is 0 Å². The van der Waals surface area contributed by atoms with Gasteiger partial charge in [0.25, 0.3) is 0 Å². The molecule has 0 aromatic heterocycles. The Labute approximate surface area is 187 Å². The molecule has 4 nitrogen and oxygen atoms in total. The maximum Gasteiger partial charge on any atom is 0.221 e. The lowest BCUT2D eigenvalue weighted by Gasteiger charge is -2.41. The van der Waals surface area contributed by atoms with Crippen LogP contribution in [0.4, 0.5) is 0 Å². The molecule has 0 radical (unpaired) electrons. The number of hydrogen-bond acceptors (Lipinski definition) is 2. The van der Waals surface area contributed by atoms with Crippen LogP contribution in [0.25, 0.3) is 0 Å². The molecule has 1 aliphatic heterocycles. The van der Waals surface area contributed by atoms with E-state index in [0.717, 1.165) is 17.4 Å². The molecule has 174 valence electrons. The summed E-state index contributed by atoms with van der Waals surface area (Å²) in [5.74, 6) is 0.0518. The lowest BCUT2D eigenvalue weighted by Crippen LogP contribution is -2.62. The van der Waals surface area contributed by atoms with Crippen LogP contribution in [0.1, 0.15) is 118 Å². The topological polar surface area (TPSA) is 41.1 Å². The van der Waals surface area contributed by atoms with Crippen LogP contribution in [-0.2, 0) is 4.79 Å². The second kappa shape index (κ2) is 16.4. The van der Waals surface area contributed by atoms with Crippen LogP contribution in [0, 0.1) is 0 Å². The Bertz CT molecular complexity index is 503. The summed E-state index contributed by atoms with van der Waals surface area (Å²) in [6, 6.07) is 0. The predicted molar refractivity (Wildman–Crippen MR) is 130 cm³/mol. The van der Waals surface area contributed by atoms with Crippen LogP contribution in [0.5, 0.6) is 0 Å². The van der Waals surface area contributed by atoms with Gasteiger partial charge in [-0.25, -0.2) is 0 Å². The van der Waals surface area contributed by atoms with Crippen molar-refractivity contribution in [1.82, 2.24) is 10.6 Å². The summed E-state index contributed by atoms with van der Waals surface area (Å²) in [6.07, 6.45) is 28.1. The molecule has 3 atom stereocenters. The third-order valence-electron chi connectivity index (χ3n) is 6.64. The summed E-state index contributed by atoms with van der Waals surface area (Å²) in [7, 11) is 0. The van der Waals surface area contributed by atoms with E-state index < -0.39 is 0 Å². The van der Waals surface area contributed by atoms with E-state index in [2.05, 4.69) is 56.0 Å². The van der Waals surface area contributed by atoms with Crippen molar-refractivity contribution in [2.45, 2.75) is 130 Å². The summed E-state index contributed by atoms with van der Waals surface area (Å²) in [6.45, 7) is 9.19. The highest BCUT2D eigenvalue weighted by Crippen LogP contribution is 2.26. The Morgan fingerprint density at radius 1 is 0.967 bits per heavy atom. The molecule has 1 aliphatic rings. The number of nitrogens with zero attached hydrogens (tertiary/aromatic N) is 1. The minimum atomic E-state index is 0.0518. The number of amides is 1. The molecule has 0 spiro atoms. The first-order chi connectivity index (χ1) is 14.6. The summed E-state index contributed by atoms with van der Waals surface area (Å²) < 4.78 is 0.813. The van der Waals surface area contributed by atoms with Crippen molar-refractivity contribution >= 4 is 5.91 Å². The van der Waals surface area contributed by atoms with Crippen molar-refractivity contribution in [2.24, 2.45) is 0 Å². The molecule has 3 unspecified atom stereocenters. The minimum Gasteiger partial charge on any atom is -0.338 e. The van der Waals surface area contributed by atoms with Gasteiger partial charge in [-0.05, 0) is 32.6 Å². The highest BCUT2D eigenvalue weighted by Gasteiger charge is 2.41. The van der Waals surface area contributed by atoms with Gasteiger partial charge in [0.05, 0.1) is 12.7 Å². The largest absolute Gasteiger partial charge is 0.338 e. The third kappa shape index (κ3) is 10.1. The van der Waals surface area contributed by atoms with E-state index in [1.54, 1.807) is 6.92 Å². The number of hydrogen-bond donors (Lipinski definition) is 2. The molecule has 0 fully saturated rings. The van der Waals surface area contributed by atoms with Crippen molar-refractivity contribution in [3.8, 4) is 0 Å². The lowest BCUT2D eigenvalue weighted by molar-refractivity contribution is -0.923. The molecule has 1 rings (SSSR count). The molecule has 1 heterocycles. The van der Waals surface area contributed by atoms with Crippen LogP contribution < -0.4 is 10.6 Å². The molecule has 4 heteroatoms. The first-order valence-corrected chi connectivity index (χ1v) is 12.8. The van der Waals surface area contributed by atoms with Crippen LogP contribution in [0.2, 0.25) is 0 Å². The summed E-state index contributed by atoms with van der Waals surface area (Å²) in [5, 5.41) is 6.64. The van der Waals surface area contributed by atoms with Crippen molar-refractivity contribution in [3.63, 3.8) is 0 Å². The first-order valence-electron chi connectivity index (χ1n) is 12.8. The summed E-state index contributed by atoms with van der Waals surface area (Å²) in [5.41, 5.74) is 0. The molecule has 0 saturated carbocycles. The Hall–Kier alpha value is -1.29. The standard InChI is InChI=1S/C26H49N3O/c1-5-7-8-9-10-11-12-13-14-15-16-17-18-19-20-21-26-27-22-23-29(26,6-2)24(3)28-25(4)30/h9-10,22-24,26-27H,5-8,11-21H2,1-4H3/p+1/b10-9+. The smallest absolute Gasteiger partial charge is 0.221 e. The maximum atomic E-state index is 11.5. The summed E-state index contributed by atoms with van der Waals surface area (Å²) in [4.78, 5) is 11.5. The second-order valence-corrected chi connectivity index (χ2v) is 9.06. The van der Waals surface area contributed by atoms with Gasteiger partial charge in [-0.1, -0.05) is 76.9 Å². The Morgan fingerprint density at radius 3 is 2.10 bits per heavy atom. The van der Waals surface area contributed by atoms with E-state index in [9.17, 15) is 4.79 Å². The zero-order valence-electron chi connectivity index (χ0n) is 20.4. The van der Waals surface area contributed by atoms with Gasteiger partial charge >= 0.3 is 0 Å². The fraction of sp³-hybridized carbons (Fsp3) is 0.808. The van der Waals surface area contributed by atoms with Crippen LogP contribution in [-0.4, -0.2) is 29.3 Å². The number of carbonyl (C=O) groups excluding carboxylic acids is 1. The number of allylic oxidation sites excluding steroid dienone is 2. The molecule has 0 aromatic rings. The molecule has 1 amide bonds. The van der Waals surface area contributed by atoms with Crippen molar-refractivity contribution in [3.05, 3.63) is 24.6 Å². The zero-order valence-corrected chi connectivity index (χ0v) is 20.4. The van der Waals surface area contributed by atoms with Gasteiger partial charge in [-0.15, -0.1) is 0 Å². The monoisotopic (exact) mass is 420 g/mol. The van der Waals surface area contributed by atoms with E-state index in [0.29, 0.717) is 6.17 Å². The lowest BCUT2D eigenvalue weighted by atomic mass is 10.0. The number of unbranched alkanes of at least 4 members (excludes halogenated alkanes) is 11. The molecule has 30 heavy (non-hydrogen) atoms. The van der Waals surface area contributed by atoms with Gasteiger partial charge in [0.15, 0.2) is 12.3 Å². The Kier molecular flexibility index (Phi) is 14.6. The Morgan fingerprint density at radius 2 is 1.53 bits per heavy atom. The fourth-order valence-electron chi connectivity index (χ4n) is 4.67. The fourth-order valence-corrected chi connectivity index (χ4v) is 4.67. The molecule has 0 aromatic carbocycles. The summed E-state index contributed by atoms with van der Waals surface area (Å²) >= 11 is 0. The Balaban J connectivity index is 2.04. The number of rotatable bonds is 18. The normalized spacial score (nSPS) is 21.8. The van der Waals surface area contributed by atoms with Crippen LogP contribution >= 0.6 is 0 Å². The van der Waals surface area contributed by atoms with Crippen molar-refractivity contribution < 1.29 is 9.28 Å². The minimum absolute atomic E-state index is 0.0518. The van der Waals surface area contributed by atoms with Gasteiger partial charge in [-0.2, -0.15) is 0 Å². The van der Waals surface area contributed by atoms with Crippen molar-refractivity contribution in [2.75, 3.05) is 6.54 Å². The van der Waals surface area contributed by atoms with Gasteiger partial charge in [0.1, 0.15) is 6.20 Å². The van der Waals surface area contributed by atoms with Gasteiger partial charge in [0, 0.05) is 20.3 Å². The SMILES string of the molecule is CCCC/C=C/CCCCCCCCCCCC1NC=C[N+]1(CC)C(C)NC(C)=O. The van der Waals surface area contributed by atoms with E-state index in [1.165, 1.54) is 83.5 Å². The second-order valence-electron chi connectivity index (χ2n) is 9.06. The average molecular weight is 421 g/mol. The van der Waals surface area contributed by atoms with Gasteiger partial charge in [-0.3, -0.25) is 9.28 Å². The number of quaternary nitrogens is 1. The maximum absolute atomic E-state index is 11.5. The molecule has 0 bridgehead atoms. The number of carbonyl (C=O) groups is 1. The van der Waals surface area contributed by atoms with Crippen LogP contribution in [0.3, 0.4) is 0 Å².